The summed E-state index contributed by atoms with van der Waals surface area (Å²) in [5.74, 6) is -9.87. The topological polar surface area (TPSA) is 355 Å². The monoisotopic (exact) mass is 1030 g/mol. The maximum Gasteiger partial charge on any atom is 0.329 e. The number of piperidine rings is 1. The van der Waals surface area contributed by atoms with Gasteiger partial charge in [-0.05, 0) is 68.2 Å². The lowest BCUT2D eigenvalue weighted by Crippen LogP contribution is -2.65. The molecule has 0 aliphatic carbocycles. The number of nitrogens with zero attached hydrogens (tertiary/aromatic N) is 3. The lowest BCUT2D eigenvalue weighted by molar-refractivity contribution is -0.165. The lowest BCUT2D eigenvalue weighted by atomic mass is 9.95. The number of carbonyl (C=O) groups is 9. The number of cyclic esters (lactones) is 1. The molecule has 406 valence electrons. The highest BCUT2D eigenvalue weighted by molar-refractivity contribution is 5.99. The number of guanidine groups is 1. The first-order valence-electron chi connectivity index (χ1n) is 25.2. The van der Waals surface area contributed by atoms with Crippen molar-refractivity contribution in [3.63, 3.8) is 0 Å². The summed E-state index contributed by atoms with van der Waals surface area (Å²) in [5.41, 5.74) is 12.1. The van der Waals surface area contributed by atoms with Gasteiger partial charge in [-0.2, -0.15) is 0 Å². The highest BCUT2D eigenvalue weighted by Crippen LogP contribution is 2.26. The Morgan fingerprint density at radius 3 is 2.11 bits per heavy atom. The molecule has 2 saturated heterocycles. The van der Waals surface area contributed by atoms with Gasteiger partial charge >= 0.3 is 11.9 Å². The molecule has 23 heteroatoms. The van der Waals surface area contributed by atoms with E-state index in [0.717, 1.165) is 35.5 Å². The number of hydrogen-bond acceptors (Lipinski definition) is 13. The van der Waals surface area contributed by atoms with E-state index < -0.39 is 120 Å². The number of likely N-dealkylation sites (N-methyl/N-ethyl adjacent to an activating group) is 1. The number of aliphatic carboxylic acids is 1. The molecular formula is C51H74N10O13. The van der Waals surface area contributed by atoms with Crippen molar-refractivity contribution in [2.45, 2.75) is 166 Å². The molecule has 0 spiro atoms. The zero-order valence-electron chi connectivity index (χ0n) is 42.8. The van der Waals surface area contributed by atoms with Crippen LogP contribution >= 0.6 is 0 Å². The van der Waals surface area contributed by atoms with Crippen LogP contribution in [0.1, 0.15) is 109 Å². The summed E-state index contributed by atoms with van der Waals surface area (Å²) in [5, 5.41) is 44.2. The van der Waals surface area contributed by atoms with Crippen LogP contribution in [0.5, 0.6) is 5.75 Å². The van der Waals surface area contributed by atoms with E-state index in [0.29, 0.717) is 17.5 Å². The van der Waals surface area contributed by atoms with Gasteiger partial charge in [0.25, 0.3) is 0 Å². The molecule has 9 unspecified atom stereocenters. The summed E-state index contributed by atoms with van der Waals surface area (Å²) in [6.07, 6.45) is -0.742. The van der Waals surface area contributed by atoms with Gasteiger partial charge in [0.15, 0.2) is 5.96 Å². The number of aliphatic imine (C=N–C) groups is 1. The fourth-order valence-electron chi connectivity index (χ4n) is 8.76. The highest BCUT2D eigenvalue weighted by atomic mass is 16.5. The Balaban J connectivity index is 1.85. The van der Waals surface area contributed by atoms with Gasteiger partial charge < -0.3 is 67.9 Å². The van der Waals surface area contributed by atoms with E-state index >= 15 is 4.79 Å². The maximum atomic E-state index is 15.1. The number of amides is 7. The molecule has 2 aromatic carbocycles. The minimum absolute atomic E-state index is 0.0134. The summed E-state index contributed by atoms with van der Waals surface area (Å²) in [6, 6.07) is 3.63. The molecule has 12 N–H and O–H groups in total. The Labute approximate surface area is 431 Å². The van der Waals surface area contributed by atoms with Gasteiger partial charge in [0, 0.05) is 32.9 Å². The number of aromatic hydroxyl groups is 1. The fourth-order valence-corrected chi connectivity index (χ4v) is 8.76. The number of nitrogens with two attached hydrogens (primary N) is 2. The Morgan fingerprint density at radius 1 is 0.824 bits per heavy atom. The molecule has 2 aliphatic heterocycles. The number of carboxylic acid groups (broad SMARTS) is 1. The number of phenolic OH excluding ortho intramolecular Hbond substituents is 1. The van der Waals surface area contributed by atoms with E-state index in [1.807, 2.05) is 6.92 Å². The molecule has 0 radical (unpaired) electrons. The van der Waals surface area contributed by atoms with Crippen LogP contribution < -0.4 is 38.1 Å². The zero-order chi connectivity index (χ0) is 54.6. The number of carboxylic acids is 1. The van der Waals surface area contributed by atoms with E-state index in [1.165, 1.54) is 38.2 Å². The van der Waals surface area contributed by atoms with Crippen LogP contribution in [0.3, 0.4) is 0 Å². The Morgan fingerprint density at radius 2 is 1.47 bits per heavy atom. The van der Waals surface area contributed by atoms with Crippen LogP contribution in [-0.4, -0.2) is 153 Å². The van der Waals surface area contributed by atoms with Crippen LogP contribution in [0.4, 0.5) is 0 Å². The molecule has 4 rings (SSSR count). The van der Waals surface area contributed by atoms with Crippen molar-refractivity contribution in [3.8, 4) is 5.75 Å². The van der Waals surface area contributed by atoms with Gasteiger partial charge in [-0.1, -0.05) is 88.9 Å². The van der Waals surface area contributed by atoms with Crippen molar-refractivity contribution in [2.24, 2.45) is 22.4 Å². The van der Waals surface area contributed by atoms with Crippen molar-refractivity contribution in [2.75, 3.05) is 13.6 Å². The number of fused-ring (bicyclic) bond motifs is 2. The smallest absolute Gasteiger partial charge is 0.329 e. The first kappa shape index (κ1) is 59.3. The molecular weight excluding hydrogens is 961 g/mol. The molecule has 2 aliphatic rings. The van der Waals surface area contributed by atoms with E-state index in [4.69, 9.17) is 16.2 Å². The first-order valence-corrected chi connectivity index (χ1v) is 25.2. The van der Waals surface area contributed by atoms with Crippen molar-refractivity contribution < 1.29 is 63.2 Å². The average molecular weight is 1040 g/mol. The average Bonchev–Trinajstić information content (AvgIpc) is 3.34. The third kappa shape index (κ3) is 17.7. The summed E-state index contributed by atoms with van der Waals surface area (Å²) in [6.45, 7) is 6.44. The first-order chi connectivity index (χ1) is 35.1. The molecule has 2 fully saturated rings. The molecule has 0 saturated carbocycles. The van der Waals surface area contributed by atoms with Crippen molar-refractivity contribution >= 4 is 59.2 Å². The molecule has 23 nitrogen and oxygen atoms in total. The third-order valence-electron chi connectivity index (χ3n) is 13.0. The number of esters is 1. The Kier molecular flexibility index (Phi) is 23.1. The van der Waals surface area contributed by atoms with Gasteiger partial charge in [0.1, 0.15) is 60.4 Å². The van der Waals surface area contributed by atoms with Gasteiger partial charge in [0.2, 0.25) is 41.4 Å². The van der Waals surface area contributed by atoms with Crippen LogP contribution in [0.15, 0.2) is 59.6 Å². The highest BCUT2D eigenvalue weighted by Gasteiger charge is 2.46. The van der Waals surface area contributed by atoms with Crippen LogP contribution in [0.2, 0.25) is 0 Å². The predicted octanol–water partition coefficient (Wildman–Crippen LogP) is 0.228. The quantitative estimate of drug-likeness (QED) is 0.0367. The maximum absolute atomic E-state index is 15.1. The summed E-state index contributed by atoms with van der Waals surface area (Å²) in [4.78, 5) is 133. The third-order valence-corrected chi connectivity index (χ3v) is 13.0. The number of benzene rings is 2. The number of unbranched alkanes of at least 4 members (excludes halogenated alkanes) is 4. The van der Waals surface area contributed by atoms with E-state index in [2.05, 4.69) is 31.6 Å². The number of aliphatic hydroxyl groups is 1. The minimum atomic E-state index is -1.89. The van der Waals surface area contributed by atoms with Gasteiger partial charge in [0.05, 0.1) is 6.42 Å². The van der Waals surface area contributed by atoms with Gasteiger partial charge in [-0.25, -0.2) is 4.79 Å². The second kappa shape index (κ2) is 28.8. The summed E-state index contributed by atoms with van der Waals surface area (Å²) < 4.78 is 5.85. The molecule has 2 heterocycles. The van der Waals surface area contributed by atoms with Gasteiger partial charge in [-0.15, -0.1) is 0 Å². The van der Waals surface area contributed by atoms with Crippen LogP contribution in [0, 0.1) is 5.92 Å². The summed E-state index contributed by atoms with van der Waals surface area (Å²) >= 11 is 0. The predicted molar refractivity (Wildman–Crippen MR) is 270 cm³/mol. The number of nitrogens with one attached hydrogen (secondary N) is 5. The second-order valence-electron chi connectivity index (χ2n) is 19.2. The number of ether oxygens (including phenoxy) is 1. The Bertz CT molecular complexity index is 2300. The normalized spacial score (nSPS) is 23.7. The summed E-state index contributed by atoms with van der Waals surface area (Å²) in [7, 11) is 1.34. The van der Waals surface area contributed by atoms with Crippen LogP contribution in [-0.2, 0) is 60.7 Å². The standard InChI is InChI=1S/C51H74N10O13/c1-6-7-8-9-13-18-39(63)55-36(28-41(65)66)45(68)59-43-30(4)74-50(73)42(29(2)3)58-46(69)37(26-32-19-21-33(62)22-20-32)60(5)49(72)38(27-31-15-11-10-12-16-31)61-40(64)24-23-35(48(61)71)57-44(67)34(56-47(43)70)17-14-25-54-51(52)53/h10-12,15-16,19-22,29-30,34-38,40,42-43,62,64H,6-9,13-14,17-18,23-28H2,1-5H3,(H,55,63)(H,56,70)(H,57,67)(H,58,69)(H,59,68)(H,65,66)(H4,52,53,54). The number of rotatable bonds is 20. The molecule has 9 atom stereocenters. The van der Waals surface area contributed by atoms with Crippen molar-refractivity contribution in [1.29, 1.82) is 0 Å². The van der Waals surface area contributed by atoms with Crippen molar-refractivity contribution in [1.82, 2.24) is 36.4 Å². The van der Waals surface area contributed by atoms with Crippen LogP contribution in [0.25, 0.3) is 0 Å². The van der Waals surface area contributed by atoms with Crippen molar-refractivity contribution in [3.05, 3.63) is 65.7 Å². The molecule has 2 aromatic rings. The Hall–Kier alpha value is -7.30. The molecule has 2 bridgehead atoms. The van der Waals surface area contributed by atoms with E-state index in [9.17, 15) is 53.7 Å². The van der Waals surface area contributed by atoms with Gasteiger partial charge in [-0.3, -0.25) is 43.3 Å². The molecule has 0 aromatic heterocycles. The lowest BCUT2D eigenvalue weighted by Gasteiger charge is -2.43. The number of hydrogen-bond donors (Lipinski definition) is 10. The number of aliphatic hydroxyl groups excluding tert-OH is 1. The zero-order valence-corrected chi connectivity index (χ0v) is 42.8. The number of carbonyl (C=O) groups excluding carboxylic acids is 8. The number of phenols is 1. The molecule has 74 heavy (non-hydrogen) atoms. The minimum Gasteiger partial charge on any atom is -0.508 e. The molecule has 7 amide bonds. The van der Waals surface area contributed by atoms with E-state index in [-0.39, 0.29) is 63.2 Å². The largest absolute Gasteiger partial charge is 0.508 e. The van der Waals surface area contributed by atoms with E-state index in [1.54, 1.807) is 44.2 Å². The second-order valence-corrected chi connectivity index (χ2v) is 19.2. The SMILES string of the molecule is CCCCCCCC(=O)NC(CC(=O)O)C(=O)NC1C(=O)NC(CCCN=C(N)N)C(=O)NC2CCC(O)N(C2=O)C(Cc2ccccc2)C(=O)N(C)C(Cc2ccc(O)cc2)C(=O)NC(C(C)C)C(=O)OC1C. The fraction of sp³-hybridized carbons (Fsp3) is 0.569.